The number of hydrogen-bond donors (Lipinski definition) is 2. The van der Waals surface area contributed by atoms with E-state index < -0.39 is 11.9 Å². The van der Waals surface area contributed by atoms with Crippen LogP contribution >= 0.6 is 0 Å². The second-order valence-electron chi connectivity index (χ2n) is 11.0. The first-order valence-corrected chi connectivity index (χ1v) is 13.1. The van der Waals surface area contributed by atoms with Crippen LogP contribution < -0.4 is 10.1 Å². The Kier molecular flexibility index (Phi) is 7.13. The average Bonchev–Trinajstić information content (AvgIpc) is 3.44. The molecule has 4 heterocycles. The van der Waals surface area contributed by atoms with Crippen LogP contribution in [0.1, 0.15) is 49.5 Å². The molecule has 0 saturated carbocycles. The van der Waals surface area contributed by atoms with Gasteiger partial charge in [-0.2, -0.15) is 5.10 Å². The fraction of sp³-hybridized carbons (Fsp3) is 0.367. The highest BCUT2D eigenvalue weighted by Gasteiger charge is 2.30. The van der Waals surface area contributed by atoms with Crippen molar-refractivity contribution in [3.8, 4) is 16.9 Å². The van der Waals surface area contributed by atoms with E-state index in [9.17, 15) is 5.11 Å². The number of aliphatic hydroxyl groups excluding tert-OH is 1. The van der Waals surface area contributed by atoms with Crippen LogP contribution in [0.25, 0.3) is 27.7 Å². The van der Waals surface area contributed by atoms with Crippen molar-refractivity contribution in [3.63, 3.8) is 0 Å². The molecule has 1 aromatic carbocycles. The number of halogens is 1. The summed E-state index contributed by atoms with van der Waals surface area (Å²) in [5, 5.41) is 19.4. The molecule has 1 atom stereocenters. The van der Waals surface area contributed by atoms with Crippen LogP contribution in [-0.4, -0.2) is 42.9 Å². The van der Waals surface area contributed by atoms with Gasteiger partial charge in [-0.3, -0.25) is 9.67 Å². The first-order chi connectivity index (χ1) is 18.6. The Balaban J connectivity index is 1.54. The molecule has 0 aliphatic rings. The quantitative estimate of drug-likeness (QED) is 0.288. The SMILES string of the molecule is CNCc1cnc2ccc(-c3cc4cccnc4c(F)c3OCCc3c(C(O)C(C)(C)C)nn(C)c3C)cn12. The van der Waals surface area contributed by atoms with Crippen LogP contribution in [0, 0.1) is 18.2 Å². The van der Waals surface area contributed by atoms with Gasteiger partial charge in [-0.05, 0) is 43.7 Å². The number of imidazole rings is 1. The van der Waals surface area contributed by atoms with Gasteiger partial charge in [0.25, 0.3) is 0 Å². The van der Waals surface area contributed by atoms with Crippen molar-refractivity contribution >= 4 is 16.6 Å². The molecule has 0 spiro atoms. The van der Waals surface area contributed by atoms with Crippen LogP contribution in [0.4, 0.5) is 4.39 Å². The van der Waals surface area contributed by atoms with Gasteiger partial charge in [-0.25, -0.2) is 9.37 Å². The zero-order chi connectivity index (χ0) is 27.9. The Morgan fingerprint density at radius 3 is 2.72 bits per heavy atom. The second kappa shape index (κ2) is 10.4. The number of fused-ring (bicyclic) bond motifs is 2. The first kappa shape index (κ1) is 26.8. The van der Waals surface area contributed by atoms with Crippen molar-refractivity contribution in [2.45, 2.75) is 46.8 Å². The molecule has 0 fully saturated rings. The van der Waals surface area contributed by atoms with Gasteiger partial charge in [0, 0.05) is 60.2 Å². The molecule has 0 aliphatic carbocycles. The number of hydrogen-bond acceptors (Lipinski definition) is 6. The van der Waals surface area contributed by atoms with Crippen molar-refractivity contribution in [2.75, 3.05) is 13.7 Å². The van der Waals surface area contributed by atoms with Crippen LogP contribution in [0.3, 0.4) is 0 Å². The number of nitrogens with one attached hydrogen (secondary N) is 1. The molecule has 39 heavy (non-hydrogen) atoms. The molecular formula is C30H35FN6O2. The molecular weight excluding hydrogens is 495 g/mol. The predicted octanol–water partition coefficient (Wildman–Crippen LogP) is 5.15. The van der Waals surface area contributed by atoms with E-state index in [1.165, 1.54) is 0 Å². The van der Waals surface area contributed by atoms with E-state index in [1.54, 1.807) is 16.9 Å². The first-order valence-electron chi connectivity index (χ1n) is 13.1. The van der Waals surface area contributed by atoms with E-state index in [1.807, 2.05) is 82.9 Å². The Bertz CT molecular complexity index is 1650. The smallest absolute Gasteiger partial charge is 0.191 e. The van der Waals surface area contributed by atoms with E-state index in [0.29, 0.717) is 29.6 Å². The lowest BCUT2D eigenvalue weighted by Crippen LogP contribution is -2.20. The average molecular weight is 531 g/mol. The molecule has 9 heteroatoms. The summed E-state index contributed by atoms with van der Waals surface area (Å²) in [5.41, 5.74) is 5.63. The topological polar surface area (TPSA) is 89.5 Å². The fourth-order valence-electron chi connectivity index (χ4n) is 4.89. The molecule has 0 amide bonds. The molecule has 0 saturated heterocycles. The van der Waals surface area contributed by atoms with Gasteiger partial charge in [-0.1, -0.05) is 26.8 Å². The molecule has 8 nitrogen and oxygen atoms in total. The number of ether oxygens (including phenoxy) is 1. The molecule has 0 bridgehead atoms. The van der Waals surface area contributed by atoms with Gasteiger partial charge < -0.3 is 19.6 Å². The zero-order valence-electron chi connectivity index (χ0n) is 23.3. The summed E-state index contributed by atoms with van der Waals surface area (Å²) in [7, 11) is 3.75. The van der Waals surface area contributed by atoms with Crippen molar-refractivity contribution in [3.05, 3.63) is 77.4 Å². The molecule has 2 N–H and O–H groups in total. The van der Waals surface area contributed by atoms with Crippen LogP contribution in [0.2, 0.25) is 0 Å². The Labute approximate surface area is 227 Å². The van der Waals surface area contributed by atoms with E-state index in [0.717, 1.165) is 28.2 Å². The lowest BCUT2D eigenvalue weighted by atomic mass is 9.85. The number of benzene rings is 1. The number of aryl methyl sites for hydroxylation is 1. The number of aliphatic hydroxyl groups is 1. The summed E-state index contributed by atoms with van der Waals surface area (Å²) < 4.78 is 26.0. The summed E-state index contributed by atoms with van der Waals surface area (Å²) in [4.78, 5) is 8.75. The third kappa shape index (κ3) is 4.99. The highest BCUT2D eigenvalue weighted by Crippen LogP contribution is 2.38. The molecule has 4 aromatic heterocycles. The van der Waals surface area contributed by atoms with Crippen molar-refractivity contribution < 1.29 is 14.2 Å². The monoisotopic (exact) mass is 530 g/mol. The minimum atomic E-state index is -0.738. The maximum atomic E-state index is 16.0. The zero-order valence-corrected chi connectivity index (χ0v) is 23.3. The Morgan fingerprint density at radius 1 is 1.18 bits per heavy atom. The summed E-state index contributed by atoms with van der Waals surface area (Å²) in [6.45, 7) is 8.75. The molecule has 5 aromatic rings. The van der Waals surface area contributed by atoms with Gasteiger partial charge in [0.1, 0.15) is 17.3 Å². The minimum Gasteiger partial charge on any atom is -0.489 e. The number of rotatable bonds is 8. The third-order valence-corrected chi connectivity index (χ3v) is 7.21. The van der Waals surface area contributed by atoms with Gasteiger partial charge in [0.15, 0.2) is 11.6 Å². The Hall–Kier alpha value is -3.82. The molecule has 5 rings (SSSR count). The minimum absolute atomic E-state index is 0.148. The molecule has 0 aliphatic heterocycles. The van der Waals surface area contributed by atoms with Crippen molar-refractivity contribution in [1.29, 1.82) is 0 Å². The largest absolute Gasteiger partial charge is 0.489 e. The lowest BCUT2D eigenvalue weighted by Gasteiger charge is -2.25. The van der Waals surface area contributed by atoms with Crippen LogP contribution in [-0.2, 0) is 20.0 Å². The maximum absolute atomic E-state index is 16.0. The van der Waals surface area contributed by atoms with Crippen molar-refractivity contribution in [2.24, 2.45) is 12.5 Å². The van der Waals surface area contributed by atoms with Gasteiger partial charge in [0.2, 0.25) is 0 Å². The summed E-state index contributed by atoms with van der Waals surface area (Å²) in [6, 6.07) is 9.41. The predicted molar refractivity (Wildman–Crippen MR) is 150 cm³/mol. The third-order valence-electron chi connectivity index (χ3n) is 7.21. The Morgan fingerprint density at radius 2 is 1.97 bits per heavy atom. The summed E-state index contributed by atoms with van der Waals surface area (Å²) in [5.74, 6) is -0.350. The second-order valence-corrected chi connectivity index (χ2v) is 11.0. The summed E-state index contributed by atoms with van der Waals surface area (Å²) >= 11 is 0. The molecule has 0 radical (unpaired) electrons. The normalized spacial score (nSPS) is 12.9. The lowest BCUT2D eigenvalue weighted by molar-refractivity contribution is 0.0575. The van der Waals surface area contributed by atoms with Gasteiger partial charge in [-0.15, -0.1) is 0 Å². The molecule has 1 unspecified atom stereocenters. The number of pyridine rings is 2. The van der Waals surface area contributed by atoms with Crippen LogP contribution in [0.15, 0.2) is 48.9 Å². The maximum Gasteiger partial charge on any atom is 0.191 e. The standard InChI is InChI=1S/C30H35FN6O2/c1-18-22(27(35-36(18)6)29(38)30(2,3)4)11-13-39-28-23(14-19-8-7-12-33-26(19)25(28)31)20-9-10-24-34-16-21(15-32-5)37(24)17-20/h7-10,12,14,16-17,29,32,38H,11,13,15H2,1-6H3. The van der Waals surface area contributed by atoms with Gasteiger partial charge in [0.05, 0.1) is 24.2 Å². The van der Waals surface area contributed by atoms with Crippen LogP contribution in [0.5, 0.6) is 5.75 Å². The van der Waals surface area contributed by atoms with E-state index in [2.05, 4.69) is 20.4 Å². The van der Waals surface area contributed by atoms with E-state index in [4.69, 9.17) is 4.74 Å². The molecule has 204 valence electrons. The highest BCUT2D eigenvalue weighted by atomic mass is 19.1. The number of nitrogens with zero attached hydrogens (tertiary/aromatic N) is 5. The fourth-order valence-corrected chi connectivity index (χ4v) is 4.89. The van der Waals surface area contributed by atoms with Crippen molar-refractivity contribution in [1.82, 2.24) is 29.5 Å². The van der Waals surface area contributed by atoms with Gasteiger partial charge >= 0.3 is 0 Å². The summed E-state index contributed by atoms with van der Waals surface area (Å²) in [6.07, 6.45) is 5.10. The van der Waals surface area contributed by atoms with E-state index >= 15 is 4.39 Å². The van der Waals surface area contributed by atoms with E-state index in [-0.39, 0.29) is 23.3 Å². The number of aromatic nitrogens is 5. The highest BCUT2D eigenvalue weighted by molar-refractivity contribution is 5.89.